The number of nitrogens with one attached hydrogen (secondary N) is 2. The van der Waals surface area contributed by atoms with E-state index in [1.54, 1.807) is 6.07 Å². The minimum absolute atomic E-state index is 0. The van der Waals surface area contributed by atoms with E-state index in [1.165, 1.54) is 12.1 Å². The summed E-state index contributed by atoms with van der Waals surface area (Å²) in [6, 6.07) is 10.6. The smallest absolute Gasteiger partial charge is 0.191 e. The predicted molar refractivity (Wildman–Crippen MR) is 121 cm³/mol. The van der Waals surface area contributed by atoms with Gasteiger partial charge in [0, 0.05) is 32.4 Å². The lowest BCUT2D eigenvalue weighted by Crippen LogP contribution is -2.36. The van der Waals surface area contributed by atoms with Gasteiger partial charge in [-0.2, -0.15) is 0 Å². The fraction of sp³-hybridized carbons (Fsp3) is 0.400. The second-order valence-electron chi connectivity index (χ2n) is 5.88. The molecule has 7 heteroatoms. The third kappa shape index (κ3) is 7.70. The molecule has 0 unspecified atom stereocenters. The van der Waals surface area contributed by atoms with Gasteiger partial charge in [0.05, 0.1) is 6.54 Å². The van der Waals surface area contributed by atoms with Crippen LogP contribution in [-0.4, -0.2) is 30.6 Å². The Bertz CT molecular complexity index is 702. The number of nitrogens with zero attached hydrogens (tertiary/aromatic N) is 3. The number of hydrogen-bond donors (Lipinski definition) is 2. The van der Waals surface area contributed by atoms with E-state index in [0.717, 1.165) is 36.6 Å². The van der Waals surface area contributed by atoms with E-state index in [0.29, 0.717) is 19.0 Å². The van der Waals surface area contributed by atoms with Crippen LogP contribution < -0.4 is 15.5 Å². The first-order valence-corrected chi connectivity index (χ1v) is 9.12. The second kappa shape index (κ2) is 12.5. The number of rotatable bonds is 8. The Balaban J connectivity index is 0.00000364. The van der Waals surface area contributed by atoms with Gasteiger partial charge in [0.1, 0.15) is 11.6 Å². The molecule has 0 amide bonds. The van der Waals surface area contributed by atoms with Crippen molar-refractivity contribution in [1.82, 2.24) is 15.6 Å². The topological polar surface area (TPSA) is 52.6 Å². The standard InChI is InChI=1S/C20H28FN5.HI/c1-4-22-20(24-13-16-8-7-9-18(21)12-16)25-15-17-10-11-19(23-14-17)26(5-2)6-3;/h7-12,14H,4-6,13,15H2,1-3H3,(H2,22,24,25);1H. The van der Waals surface area contributed by atoms with Crippen molar-refractivity contribution in [3.63, 3.8) is 0 Å². The first kappa shape index (κ1) is 23.1. The van der Waals surface area contributed by atoms with Crippen LogP contribution in [0.2, 0.25) is 0 Å². The summed E-state index contributed by atoms with van der Waals surface area (Å²) >= 11 is 0. The van der Waals surface area contributed by atoms with Crippen molar-refractivity contribution < 1.29 is 4.39 Å². The van der Waals surface area contributed by atoms with Crippen molar-refractivity contribution in [1.29, 1.82) is 0 Å². The maximum absolute atomic E-state index is 13.3. The van der Waals surface area contributed by atoms with Gasteiger partial charge in [-0.3, -0.25) is 0 Å². The number of benzene rings is 1. The lowest BCUT2D eigenvalue weighted by atomic mass is 10.2. The van der Waals surface area contributed by atoms with E-state index >= 15 is 0 Å². The molecule has 0 saturated heterocycles. The fourth-order valence-corrected chi connectivity index (χ4v) is 2.59. The minimum atomic E-state index is -0.231. The zero-order valence-electron chi connectivity index (χ0n) is 16.2. The van der Waals surface area contributed by atoms with E-state index in [9.17, 15) is 4.39 Å². The number of hydrogen-bond acceptors (Lipinski definition) is 3. The van der Waals surface area contributed by atoms with Gasteiger partial charge >= 0.3 is 0 Å². The summed E-state index contributed by atoms with van der Waals surface area (Å²) in [5.74, 6) is 1.45. The minimum Gasteiger partial charge on any atom is -0.357 e. The molecule has 0 aliphatic rings. The van der Waals surface area contributed by atoms with Gasteiger partial charge in [0.15, 0.2) is 5.96 Å². The third-order valence-electron chi connectivity index (χ3n) is 4.01. The van der Waals surface area contributed by atoms with Crippen molar-refractivity contribution in [2.24, 2.45) is 4.99 Å². The van der Waals surface area contributed by atoms with Crippen molar-refractivity contribution in [2.45, 2.75) is 33.9 Å². The summed E-state index contributed by atoms with van der Waals surface area (Å²) in [6.45, 7) is 9.94. The van der Waals surface area contributed by atoms with E-state index in [-0.39, 0.29) is 29.8 Å². The summed E-state index contributed by atoms with van der Waals surface area (Å²) in [5, 5.41) is 6.43. The zero-order chi connectivity index (χ0) is 18.8. The first-order valence-electron chi connectivity index (χ1n) is 9.12. The lowest BCUT2D eigenvalue weighted by Gasteiger charge is -2.19. The van der Waals surface area contributed by atoms with Crippen LogP contribution in [-0.2, 0) is 13.1 Å². The molecule has 0 aliphatic heterocycles. The highest BCUT2D eigenvalue weighted by Crippen LogP contribution is 2.11. The number of aliphatic imine (C=N–C) groups is 1. The maximum Gasteiger partial charge on any atom is 0.191 e. The van der Waals surface area contributed by atoms with Crippen LogP contribution in [0.3, 0.4) is 0 Å². The first-order chi connectivity index (χ1) is 12.7. The van der Waals surface area contributed by atoms with Gasteiger partial charge in [-0.15, -0.1) is 24.0 Å². The fourth-order valence-electron chi connectivity index (χ4n) is 2.59. The van der Waals surface area contributed by atoms with E-state index < -0.39 is 0 Å². The molecule has 2 aromatic rings. The average Bonchev–Trinajstić information content (AvgIpc) is 2.66. The Labute approximate surface area is 178 Å². The molecule has 0 radical (unpaired) electrons. The summed E-state index contributed by atoms with van der Waals surface area (Å²) in [7, 11) is 0. The van der Waals surface area contributed by atoms with E-state index in [2.05, 4.69) is 45.4 Å². The van der Waals surface area contributed by atoms with Crippen LogP contribution in [0.25, 0.3) is 0 Å². The molecule has 0 spiro atoms. The van der Waals surface area contributed by atoms with Crippen molar-refractivity contribution in [2.75, 3.05) is 24.5 Å². The van der Waals surface area contributed by atoms with Gasteiger partial charge in [-0.25, -0.2) is 14.4 Å². The molecule has 0 fully saturated rings. The van der Waals surface area contributed by atoms with Crippen LogP contribution in [0.5, 0.6) is 0 Å². The van der Waals surface area contributed by atoms with Crippen molar-refractivity contribution in [3.8, 4) is 0 Å². The van der Waals surface area contributed by atoms with Crippen LogP contribution in [0.1, 0.15) is 31.9 Å². The third-order valence-corrected chi connectivity index (χ3v) is 4.01. The zero-order valence-corrected chi connectivity index (χ0v) is 18.5. The molecule has 2 N–H and O–H groups in total. The molecular formula is C20H29FIN5. The molecule has 0 bridgehead atoms. The molecule has 5 nitrogen and oxygen atoms in total. The SMILES string of the molecule is CCNC(=NCc1ccc(N(CC)CC)nc1)NCc1cccc(F)c1.I. The molecule has 1 aromatic heterocycles. The highest BCUT2D eigenvalue weighted by Gasteiger charge is 2.04. The van der Waals surface area contributed by atoms with E-state index in [1.807, 2.05) is 25.3 Å². The Morgan fingerprint density at radius 3 is 2.44 bits per heavy atom. The summed E-state index contributed by atoms with van der Waals surface area (Å²) < 4.78 is 13.3. The molecule has 1 heterocycles. The molecule has 0 saturated carbocycles. The summed E-state index contributed by atoms with van der Waals surface area (Å²) in [5.41, 5.74) is 1.92. The quantitative estimate of drug-likeness (QED) is 0.338. The van der Waals surface area contributed by atoms with Gasteiger partial charge in [0.25, 0.3) is 0 Å². The molecule has 0 atom stereocenters. The molecule has 1 aromatic carbocycles. The number of anilines is 1. The van der Waals surface area contributed by atoms with Gasteiger partial charge in [0.2, 0.25) is 0 Å². The summed E-state index contributed by atoms with van der Waals surface area (Å²) in [6.07, 6.45) is 1.87. The highest BCUT2D eigenvalue weighted by molar-refractivity contribution is 14.0. The average molecular weight is 485 g/mol. The highest BCUT2D eigenvalue weighted by atomic mass is 127. The number of pyridine rings is 1. The largest absolute Gasteiger partial charge is 0.357 e. The maximum atomic E-state index is 13.3. The van der Waals surface area contributed by atoms with Crippen molar-refractivity contribution >= 4 is 35.8 Å². The van der Waals surface area contributed by atoms with Crippen LogP contribution in [0, 0.1) is 5.82 Å². The van der Waals surface area contributed by atoms with Crippen LogP contribution in [0.4, 0.5) is 10.2 Å². The number of guanidine groups is 1. The Morgan fingerprint density at radius 2 is 1.85 bits per heavy atom. The number of halogens is 2. The molecule has 148 valence electrons. The van der Waals surface area contributed by atoms with Crippen LogP contribution >= 0.6 is 24.0 Å². The normalized spacial score (nSPS) is 10.9. The Morgan fingerprint density at radius 1 is 1.07 bits per heavy atom. The second-order valence-corrected chi connectivity index (χ2v) is 5.88. The molecule has 0 aliphatic carbocycles. The van der Waals surface area contributed by atoms with Crippen LogP contribution in [0.15, 0.2) is 47.6 Å². The van der Waals surface area contributed by atoms with Crippen molar-refractivity contribution in [3.05, 3.63) is 59.5 Å². The molecular weight excluding hydrogens is 456 g/mol. The molecule has 2 rings (SSSR count). The van der Waals surface area contributed by atoms with E-state index in [4.69, 9.17) is 0 Å². The Kier molecular flexibility index (Phi) is 10.7. The van der Waals surface area contributed by atoms with Gasteiger partial charge in [-0.1, -0.05) is 18.2 Å². The van der Waals surface area contributed by atoms with Gasteiger partial charge in [-0.05, 0) is 50.1 Å². The summed E-state index contributed by atoms with van der Waals surface area (Å²) in [4.78, 5) is 11.3. The van der Waals surface area contributed by atoms with Gasteiger partial charge < -0.3 is 15.5 Å². The monoisotopic (exact) mass is 485 g/mol. The predicted octanol–water partition coefficient (Wildman–Crippen LogP) is 3.94. The lowest BCUT2D eigenvalue weighted by molar-refractivity contribution is 0.624. The number of aromatic nitrogens is 1. The molecule has 27 heavy (non-hydrogen) atoms. The Hall–Kier alpha value is -1.90.